The molecule has 3 aromatic rings. The maximum absolute atomic E-state index is 12.9. The number of carbonyl (C=O) groups excluding carboxylic acids is 1. The number of fused-ring (bicyclic) bond motifs is 1. The molecule has 2 aromatic carbocycles. The zero-order valence-corrected chi connectivity index (χ0v) is 16.1. The minimum atomic E-state index is -0.0862. The summed E-state index contributed by atoms with van der Waals surface area (Å²) in [5.74, 6) is 1.26. The van der Waals surface area contributed by atoms with Crippen molar-refractivity contribution in [3.8, 4) is 5.75 Å². The SMILES string of the molecule is Cc1oc2ccc(OCc3ccccc3)cc2c1C(=O)N[C@H]1CC[C@H](N)CC1. The van der Waals surface area contributed by atoms with E-state index in [9.17, 15) is 4.79 Å². The predicted molar refractivity (Wildman–Crippen MR) is 109 cm³/mol. The summed E-state index contributed by atoms with van der Waals surface area (Å²) in [4.78, 5) is 12.9. The lowest BCUT2D eigenvalue weighted by atomic mass is 9.91. The predicted octanol–water partition coefficient (Wildman–Crippen LogP) is 4.32. The highest BCUT2D eigenvalue weighted by atomic mass is 16.5. The van der Waals surface area contributed by atoms with Gasteiger partial charge in [0, 0.05) is 17.5 Å². The van der Waals surface area contributed by atoms with Crippen molar-refractivity contribution in [2.24, 2.45) is 5.73 Å². The number of nitrogens with two attached hydrogens (primary N) is 1. The van der Waals surface area contributed by atoms with Gasteiger partial charge in [0.2, 0.25) is 0 Å². The third-order valence-corrected chi connectivity index (χ3v) is 5.42. The molecule has 0 aliphatic heterocycles. The van der Waals surface area contributed by atoms with Gasteiger partial charge in [0.1, 0.15) is 23.7 Å². The van der Waals surface area contributed by atoms with Crippen LogP contribution in [-0.2, 0) is 6.61 Å². The molecule has 0 atom stereocenters. The molecule has 1 saturated carbocycles. The van der Waals surface area contributed by atoms with Gasteiger partial charge in [-0.25, -0.2) is 0 Å². The summed E-state index contributed by atoms with van der Waals surface area (Å²) >= 11 is 0. The van der Waals surface area contributed by atoms with Crippen LogP contribution in [0.25, 0.3) is 11.0 Å². The average Bonchev–Trinajstić information content (AvgIpc) is 3.04. The second-order valence-corrected chi connectivity index (χ2v) is 7.55. The number of ether oxygens (including phenoxy) is 1. The van der Waals surface area contributed by atoms with E-state index in [-0.39, 0.29) is 18.0 Å². The first-order chi connectivity index (χ1) is 13.6. The highest BCUT2D eigenvalue weighted by Gasteiger charge is 2.24. The van der Waals surface area contributed by atoms with Gasteiger partial charge in [-0.2, -0.15) is 0 Å². The summed E-state index contributed by atoms with van der Waals surface area (Å²) in [5, 5.41) is 3.94. The first-order valence-corrected chi connectivity index (χ1v) is 9.86. The van der Waals surface area contributed by atoms with Gasteiger partial charge in [0.15, 0.2) is 0 Å². The fourth-order valence-electron chi connectivity index (χ4n) is 3.83. The summed E-state index contributed by atoms with van der Waals surface area (Å²) in [5.41, 5.74) is 8.35. The van der Waals surface area contributed by atoms with E-state index in [0.29, 0.717) is 23.5 Å². The Bertz CT molecular complexity index is 957. The maximum Gasteiger partial charge on any atom is 0.255 e. The van der Waals surface area contributed by atoms with Crippen LogP contribution in [0.4, 0.5) is 0 Å². The van der Waals surface area contributed by atoms with Crippen molar-refractivity contribution in [3.05, 3.63) is 65.4 Å². The molecular formula is C23H26N2O3. The van der Waals surface area contributed by atoms with Crippen LogP contribution >= 0.6 is 0 Å². The van der Waals surface area contributed by atoms with Gasteiger partial charge in [-0.1, -0.05) is 30.3 Å². The Morgan fingerprint density at radius 2 is 1.89 bits per heavy atom. The topological polar surface area (TPSA) is 77.5 Å². The van der Waals surface area contributed by atoms with Crippen molar-refractivity contribution in [3.63, 3.8) is 0 Å². The Kier molecular flexibility index (Phi) is 5.35. The molecule has 1 aliphatic carbocycles. The number of amides is 1. The lowest BCUT2D eigenvalue weighted by molar-refractivity contribution is 0.0926. The van der Waals surface area contributed by atoms with E-state index in [2.05, 4.69) is 5.32 Å². The van der Waals surface area contributed by atoms with Crippen LogP contribution in [0.3, 0.4) is 0 Å². The van der Waals surface area contributed by atoms with Crippen molar-refractivity contribution in [2.75, 3.05) is 0 Å². The zero-order valence-electron chi connectivity index (χ0n) is 16.1. The highest BCUT2D eigenvalue weighted by Crippen LogP contribution is 2.30. The van der Waals surface area contributed by atoms with Crippen molar-refractivity contribution < 1.29 is 13.9 Å². The molecule has 0 unspecified atom stereocenters. The largest absolute Gasteiger partial charge is 0.489 e. The molecule has 0 spiro atoms. The van der Waals surface area contributed by atoms with Crippen LogP contribution in [0.1, 0.15) is 47.4 Å². The number of nitrogens with one attached hydrogen (secondary N) is 1. The molecule has 4 rings (SSSR count). The van der Waals surface area contributed by atoms with Crippen molar-refractivity contribution in [2.45, 2.75) is 51.3 Å². The summed E-state index contributed by atoms with van der Waals surface area (Å²) < 4.78 is 11.7. The number of hydrogen-bond acceptors (Lipinski definition) is 4. The Morgan fingerprint density at radius 3 is 2.64 bits per heavy atom. The van der Waals surface area contributed by atoms with E-state index in [1.54, 1.807) is 0 Å². The number of aryl methyl sites for hydroxylation is 1. The molecule has 0 saturated heterocycles. The average molecular weight is 378 g/mol. The van der Waals surface area contributed by atoms with Crippen LogP contribution < -0.4 is 15.8 Å². The monoisotopic (exact) mass is 378 g/mol. The van der Waals surface area contributed by atoms with E-state index >= 15 is 0 Å². The number of hydrogen-bond donors (Lipinski definition) is 2. The zero-order chi connectivity index (χ0) is 19.5. The molecule has 5 heteroatoms. The van der Waals surface area contributed by atoms with E-state index in [0.717, 1.165) is 42.4 Å². The third-order valence-electron chi connectivity index (χ3n) is 5.42. The smallest absolute Gasteiger partial charge is 0.255 e. The lowest BCUT2D eigenvalue weighted by Gasteiger charge is -2.26. The molecule has 1 aliphatic rings. The van der Waals surface area contributed by atoms with Crippen LogP contribution in [0.15, 0.2) is 52.9 Å². The molecule has 1 heterocycles. The molecule has 3 N–H and O–H groups in total. The number of benzene rings is 2. The first-order valence-electron chi connectivity index (χ1n) is 9.86. The minimum absolute atomic E-state index is 0.0862. The molecule has 146 valence electrons. The van der Waals surface area contributed by atoms with E-state index in [1.165, 1.54) is 0 Å². The molecule has 1 amide bonds. The normalized spacial score (nSPS) is 19.5. The lowest BCUT2D eigenvalue weighted by Crippen LogP contribution is -2.40. The van der Waals surface area contributed by atoms with Gasteiger partial charge >= 0.3 is 0 Å². The van der Waals surface area contributed by atoms with Crippen LogP contribution in [-0.4, -0.2) is 18.0 Å². The van der Waals surface area contributed by atoms with E-state index in [4.69, 9.17) is 14.9 Å². The Balaban J connectivity index is 1.52. The highest BCUT2D eigenvalue weighted by molar-refractivity contribution is 6.07. The summed E-state index contributed by atoms with van der Waals surface area (Å²) in [7, 11) is 0. The summed E-state index contributed by atoms with van der Waals surface area (Å²) in [6, 6.07) is 16.1. The van der Waals surface area contributed by atoms with Crippen molar-refractivity contribution >= 4 is 16.9 Å². The molecule has 0 bridgehead atoms. The Hall–Kier alpha value is -2.79. The number of furan rings is 1. The van der Waals surface area contributed by atoms with Gasteiger partial charge in [0.05, 0.1) is 5.56 Å². The fraction of sp³-hybridized carbons (Fsp3) is 0.348. The van der Waals surface area contributed by atoms with Gasteiger partial charge < -0.3 is 20.2 Å². The summed E-state index contributed by atoms with van der Waals surface area (Å²) in [6.07, 6.45) is 3.75. The maximum atomic E-state index is 12.9. The third kappa shape index (κ3) is 4.04. The fourth-order valence-corrected chi connectivity index (χ4v) is 3.83. The van der Waals surface area contributed by atoms with Crippen molar-refractivity contribution in [1.29, 1.82) is 0 Å². The Labute approximate surface area is 164 Å². The Morgan fingerprint density at radius 1 is 1.14 bits per heavy atom. The standard InChI is InChI=1S/C23H26N2O3/c1-15-22(23(26)25-18-9-7-17(24)8-10-18)20-13-19(11-12-21(20)28-15)27-14-16-5-3-2-4-6-16/h2-6,11-13,17-18H,7-10,14,24H2,1H3,(H,25,26)/t17-,18-. The van der Waals surface area contributed by atoms with Crippen LogP contribution in [0.2, 0.25) is 0 Å². The molecule has 5 nitrogen and oxygen atoms in total. The summed E-state index contributed by atoms with van der Waals surface area (Å²) in [6.45, 7) is 2.31. The van der Waals surface area contributed by atoms with Gasteiger partial charge in [-0.3, -0.25) is 4.79 Å². The van der Waals surface area contributed by atoms with E-state index < -0.39 is 0 Å². The van der Waals surface area contributed by atoms with E-state index in [1.807, 2.05) is 55.5 Å². The molecule has 28 heavy (non-hydrogen) atoms. The van der Waals surface area contributed by atoms with Crippen LogP contribution in [0.5, 0.6) is 5.75 Å². The van der Waals surface area contributed by atoms with Gasteiger partial charge in [-0.15, -0.1) is 0 Å². The minimum Gasteiger partial charge on any atom is -0.489 e. The second-order valence-electron chi connectivity index (χ2n) is 7.55. The number of rotatable bonds is 5. The first kappa shape index (κ1) is 18.6. The molecule has 1 aromatic heterocycles. The second kappa shape index (κ2) is 8.07. The molecule has 1 fully saturated rings. The molecule has 0 radical (unpaired) electrons. The van der Waals surface area contributed by atoms with Gasteiger partial charge in [0.25, 0.3) is 5.91 Å². The van der Waals surface area contributed by atoms with Gasteiger partial charge in [-0.05, 0) is 56.4 Å². The molecular weight excluding hydrogens is 352 g/mol. The van der Waals surface area contributed by atoms with Crippen LogP contribution in [0, 0.1) is 6.92 Å². The van der Waals surface area contributed by atoms with Crippen molar-refractivity contribution in [1.82, 2.24) is 5.32 Å². The number of carbonyl (C=O) groups is 1. The quantitative estimate of drug-likeness (QED) is 0.693.